The third kappa shape index (κ3) is 5.51. The molecule has 3 heterocycles. The van der Waals surface area contributed by atoms with Crippen LogP contribution < -0.4 is 5.32 Å². The predicted molar refractivity (Wildman–Crippen MR) is 126 cm³/mol. The van der Waals surface area contributed by atoms with Crippen LogP contribution in [0.1, 0.15) is 38.6 Å². The molecule has 0 unspecified atom stereocenters. The molecule has 0 aliphatic carbocycles. The number of hydrogen-bond acceptors (Lipinski definition) is 6. The number of hydrogen-bond donors (Lipinski definition) is 1. The zero-order valence-electron chi connectivity index (χ0n) is 19.0. The Kier molecular flexibility index (Phi) is 7.24. The van der Waals surface area contributed by atoms with Gasteiger partial charge in [-0.05, 0) is 56.3 Å². The molecule has 0 bridgehead atoms. The van der Waals surface area contributed by atoms with E-state index in [1.54, 1.807) is 24.5 Å². The maximum absolute atomic E-state index is 13.7. The van der Waals surface area contributed by atoms with Gasteiger partial charge in [0.2, 0.25) is 5.91 Å². The van der Waals surface area contributed by atoms with E-state index in [-0.39, 0.29) is 17.8 Å². The van der Waals surface area contributed by atoms with E-state index in [0.717, 1.165) is 37.2 Å². The summed E-state index contributed by atoms with van der Waals surface area (Å²) in [6.45, 7) is 6.86. The first kappa shape index (κ1) is 22.8. The molecule has 1 fully saturated rings. The van der Waals surface area contributed by atoms with Gasteiger partial charge in [0.25, 0.3) is 0 Å². The highest BCUT2D eigenvalue weighted by atomic mass is 19.1. The first-order chi connectivity index (χ1) is 16.1. The molecule has 1 atom stereocenters. The lowest BCUT2D eigenvalue weighted by Crippen LogP contribution is -2.40. The van der Waals surface area contributed by atoms with E-state index in [1.807, 2.05) is 23.1 Å². The Hall–Kier alpha value is -3.39. The molecule has 1 aliphatic rings. The van der Waals surface area contributed by atoms with Crippen LogP contribution in [0.25, 0.3) is 11.3 Å². The fourth-order valence-corrected chi connectivity index (χ4v) is 4.13. The van der Waals surface area contributed by atoms with Crippen LogP contribution in [0.5, 0.6) is 0 Å². The summed E-state index contributed by atoms with van der Waals surface area (Å²) in [5.74, 6) is 0.917. The van der Waals surface area contributed by atoms with E-state index in [4.69, 9.17) is 9.97 Å². The number of likely N-dealkylation sites (N-methyl/N-ethyl adjacent to an activating group) is 1. The van der Waals surface area contributed by atoms with E-state index in [9.17, 15) is 9.18 Å². The summed E-state index contributed by atoms with van der Waals surface area (Å²) in [4.78, 5) is 30.8. The third-order valence-electron chi connectivity index (χ3n) is 5.94. The maximum atomic E-state index is 13.7. The maximum Gasteiger partial charge on any atom is 0.237 e. The minimum Gasteiger partial charge on any atom is -0.340 e. The lowest BCUT2D eigenvalue weighted by Gasteiger charge is -2.27. The average molecular weight is 449 g/mol. The number of anilines is 2. The number of carbonyl (C=O) groups excluding carboxylic acids is 1. The van der Waals surface area contributed by atoms with Crippen molar-refractivity contribution in [1.82, 2.24) is 24.8 Å². The van der Waals surface area contributed by atoms with Gasteiger partial charge < -0.3 is 10.2 Å². The summed E-state index contributed by atoms with van der Waals surface area (Å²) in [5, 5.41) is 3.19. The third-order valence-corrected chi connectivity index (χ3v) is 5.94. The topological polar surface area (TPSA) is 74.2 Å². The van der Waals surface area contributed by atoms with Gasteiger partial charge in [-0.15, -0.1) is 0 Å². The predicted octanol–water partition coefficient (Wildman–Crippen LogP) is 4.43. The molecule has 4 rings (SSSR count). The number of carbonyl (C=O) groups is 1. The van der Waals surface area contributed by atoms with Gasteiger partial charge >= 0.3 is 0 Å². The van der Waals surface area contributed by atoms with Gasteiger partial charge in [0.1, 0.15) is 11.6 Å². The minimum absolute atomic E-state index is 0.0961. The number of halogens is 1. The lowest BCUT2D eigenvalue weighted by molar-refractivity contribution is -0.133. The van der Waals surface area contributed by atoms with Crippen LogP contribution in [0.15, 0.2) is 54.9 Å². The highest BCUT2D eigenvalue weighted by Crippen LogP contribution is 2.33. The summed E-state index contributed by atoms with van der Waals surface area (Å²) in [5.41, 5.74) is 2.22. The Morgan fingerprint density at radius 2 is 1.94 bits per heavy atom. The molecule has 0 spiro atoms. The Bertz CT molecular complexity index is 1090. The second kappa shape index (κ2) is 10.5. The average Bonchev–Trinajstić information content (AvgIpc) is 3.33. The molecular weight excluding hydrogens is 419 g/mol. The zero-order chi connectivity index (χ0) is 23.2. The van der Waals surface area contributed by atoms with Gasteiger partial charge in [-0.25, -0.2) is 14.4 Å². The van der Waals surface area contributed by atoms with Gasteiger partial charge in [-0.3, -0.25) is 14.7 Å². The van der Waals surface area contributed by atoms with Gasteiger partial charge in [0, 0.05) is 36.3 Å². The van der Waals surface area contributed by atoms with Crippen molar-refractivity contribution < 1.29 is 9.18 Å². The van der Waals surface area contributed by atoms with E-state index in [0.29, 0.717) is 30.4 Å². The van der Waals surface area contributed by atoms with Crippen LogP contribution in [0.2, 0.25) is 0 Å². The molecule has 2 aromatic heterocycles. The molecule has 8 heteroatoms. The monoisotopic (exact) mass is 448 g/mol. The summed E-state index contributed by atoms with van der Waals surface area (Å²) in [6, 6.07) is 11.7. The molecule has 1 saturated heterocycles. The Balaban J connectivity index is 1.68. The highest BCUT2D eigenvalue weighted by molar-refractivity contribution is 5.79. The van der Waals surface area contributed by atoms with Crippen molar-refractivity contribution in [2.24, 2.45) is 0 Å². The van der Waals surface area contributed by atoms with E-state index < -0.39 is 0 Å². The van der Waals surface area contributed by atoms with Crippen LogP contribution in [0.4, 0.5) is 15.9 Å². The van der Waals surface area contributed by atoms with Crippen LogP contribution in [0.3, 0.4) is 0 Å². The first-order valence-corrected chi connectivity index (χ1v) is 11.4. The largest absolute Gasteiger partial charge is 0.340 e. The smallest absolute Gasteiger partial charge is 0.237 e. The summed E-state index contributed by atoms with van der Waals surface area (Å²) in [7, 11) is 0. The summed E-state index contributed by atoms with van der Waals surface area (Å²) >= 11 is 0. The molecular formula is C25H29FN6O. The first-order valence-electron chi connectivity index (χ1n) is 11.4. The van der Waals surface area contributed by atoms with E-state index >= 15 is 0 Å². The van der Waals surface area contributed by atoms with Crippen molar-refractivity contribution in [2.45, 2.75) is 32.7 Å². The van der Waals surface area contributed by atoms with Crippen molar-refractivity contribution in [3.05, 3.63) is 66.5 Å². The van der Waals surface area contributed by atoms with Gasteiger partial charge in [0.15, 0.2) is 5.82 Å². The number of likely N-dealkylation sites (tertiary alicyclic amines) is 1. The molecule has 1 amide bonds. The second-order valence-electron chi connectivity index (χ2n) is 8.07. The standard InChI is InChI=1S/C25H29FN6O/c1-3-31(4-2)17-24(33)32-14-6-9-22(32)25-29-21(18-10-12-27-13-11-18)16-23(30-25)28-20-8-5-7-19(26)15-20/h5,7-8,10-13,15-16,22H,3-4,6,9,14,17H2,1-2H3,(H,28,29,30)/t22-/m0/s1. The van der Waals surface area contributed by atoms with Crippen molar-refractivity contribution in [1.29, 1.82) is 0 Å². The molecule has 1 N–H and O–H groups in total. The number of aromatic nitrogens is 3. The SMILES string of the molecule is CCN(CC)CC(=O)N1CCC[C@H]1c1nc(Nc2cccc(F)c2)cc(-c2ccncc2)n1. The lowest BCUT2D eigenvalue weighted by atomic mass is 10.1. The van der Waals surface area contributed by atoms with Gasteiger partial charge in [-0.1, -0.05) is 19.9 Å². The number of nitrogens with one attached hydrogen (secondary N) is 1. The summed E-state index contributed by atoms with van der Waals surface area (Å²) in [6.07, 6.45) is 5.14. The fraction of sp³-hybridized carbons (Fsp3) is 0.360. The molecule has 7 nitrogen and oxygen atoms in total. The second-order valence-corrected chi connectivity index (χ2v) is 8.07. The molecule has 1 aliphatic heterocycles. The van der Waals surface area contributed by atoms with Crippen molar-refractivity contribution in [3.63, 3.8) is 0 Å². The van der Waals surface area contributed by atoms with Gasteiger partial charge in [-0.2, -0.15) is 0 Å². The Morgan fingerprint density at radius 1 is 1.15 bits per heavy atom. The summed E-state index contributed by atoms with van der Waals surface area (Å²) < 4.78 is 13.7. The van der Waals surface area contributed by atoms with E-state index in [2.05, 4.69) is 29.0 Å². The normalized spacial score (nSPS) is 15.8. The Labute approximate surface area is 193 Å². The van der Waals surface area contributed by atoms with Crippen molar-refractivity contribution in [3.8, 4) is 11.3 Å². The number of amides is 1. The van der Waals surface area contributed by atoms with Crippen molar-refractivity contribution >= 4 is 17.4 Å². The quantitative estimate of drug-likeness (QED) is 0.550. The zero-order valence-corrected chi connectivity index (χ0v) is 19.0. The molecule has 33 heavy (non-hydrogen) atoms. The van der Waals surface area contributed by atoms with E-state index in [1.165, 1.54) is 12.1 Å². The number of benzene rings is 1. The van der Waals surface area contributed by atoms with Crippen LogP contribution in [-0.4, -0.2) is 56.8 Å². The van der Waals surface area contributed by atoms with Crippen LogP contribution in [-0.2, 0) is 4.79 Å². The number of pyridine rings is 1. The minimum atomic E-state index is -0.326. The molecule has 3 aromatic rings. The van der Waals surface area contributed by atoms with Crippen molar-refractivity contribution in [2.75, 3.05) is 31.5 Å². The molecule has 0 saturated carbocycles. The van der Waals surface area contributed by atoms with Crippen LogP contribution in [0, 0.1) is 5.82 Å². The van der Waals surface area contributed by atoms with Crippen LogP contribution >= 0.6 is 0 Å². The fourth-order valence-electron chi connectivity index (χ4n) is 4.13. The molecule has 0 radical (unpaired) electrons. The Morgan fingerprint density at radius 3 is 2.67 bits per heavy atom. The number of rotatable bonds is 8. The van der Waals surface area contributed by atoms with Gasteiger partial charge in [0.05, 0.1) is 18.3 Å². The highest BCUT2D eigenvalue weighted by Gasteiger charge is 2.33. The number of nitrogens with zero attached hydrogens (tertiary/aromatic N) is 5. The molecule has 172 valence electrons. The molecule has 1 aromatic carbocycles.